The maximum atomic E-state index is 12.4. The minimum Gasteiger partial charge on any atom is -0.508 e. The fourth-order valence-corrected chi connectivity index (χ4v) is 2.99. The maximum absolute atomic E-state index is 12.4. The van der Waals surface area contributed by atoms with Gasteiger partial charge in [0, 0.05) is 22.8 Å². The second kappa shape index (κ2) is 6.72. The van der Waals surface area contributed by atoms with Crippen LogP contribution in [0.3, 0.4) is 0 Å². The van der Waals surface area contributed by atoms with Crippen molar-refractivity contribution in [1.82, 2.24) is 0 Å². The van der Waals surface area contributed by atoms with Crippen molar-refractivity contribution in [3.63, 3.8) is 0 Å². The first-order chi connectivity index (χ1) is 12.3. The van der Waals surface area contributed by atoms with E-state index < -0.39 is 11.5 Å². The summed E-state index contributed by atoms with van der Waals surface area (Å²) < 4.78 is 5.15. The summed E-state index contributed by atoms with van der Waals surface area (Å²) in [5.74, 6) is -0.864. The number of aryl methyl sites for hydroxylation is 1. The van der Waals surface area contributed by atoms with Gasteiger partial charge < -0.3 is 19.9 Å². The molecule has 0 saturated carbocycles. The molecule has 0 aliphatic heterocycles. The SMILES string of the molecule is Cc1c(Cl)cccc1NC(=O)Cc1c(C)c2c(O)cc(O)cc2oc1=O. The van der Waals surface area contributed by atoms with Gasteiger partial charge >= 0.3 is 5.63 Å². The van der Waals surface area contributed by atoms with E-state index in [1.807, 2.05) is 0 Å². The molecule has 0 atom stereocenters. The predicted octanol–water partition coefficient (Wildman–Crippen LogP) is 3.66. The van der Waals surface area contributed by atoms with Gasteiger partial charge in [-0.25, -0.2) is 4.79 Å². The van der Waals surface area contributed by atoms with Crippen molar-refractivity contribution < 1.29 is 19.4 Å². The molecule has 3 rings (SSSR count). The lowest BCUT2D eigenvalue weighted by atomic mass is 10.0. The Morgan fingerprint density at radius 3 is 2.65 bits per heavy atom. The lowest BCUT2D eigenvalue weighted by Gasteiger charge is -2.11. The normalized spacial score (nSPS) is 10.9. The number of anilines is 1. The Morgan fingerprint density at radius 1 is 1.19 bits per heavy atom. The highest BCUT2D eigenvalue weighted by atomic mass is 35.5. The number of aromatic hydroxyl groups is 2. The Bertz CT molecular complexity index is 1090. The van der Waals surface area contributed by atoms with Crippen LogP contribution in [0, 0.1) is 13.8 Å². The van der Waals surface area contributed by atoms with Crippen molar-refractivity contribution in [3.05, 3.63) is 62.5 Å². The Labute approximate surface area is 153 Å². The van der Waals surface area contributed by atoms with E-state index in [2.05, 4.69) is 5.32 Å². The van der Waals surface area contributed by atoms with E-state index in [9.17, 15) is 19.8 Å². The number of carbonyl (C=O) groups is 1. The van der Waals surface area contributed by atoms with Gasteiger partial charge in [0.05, 0.1) is 17.4 Å². The second-order valence-electron chi connectivity index (χ2n) is 5.97. The highest BCUT2D eigenvalue weighted by molar-refractivity contribution is 6.31. The van der Waals surface area contributed by atoms with Crippen LogP contribution in [0.4, 0.5) is 5.69 Å². The zero-order chi connectivity index (χ0) is 19.0. The van der Waals surface area contributed by atoms with Crippen molar-refractivity contribution >= 4 is 34.2 Å². The number of halogens is 1. The number of rotatable bonds is 3. The third-order valence-corrected chi connectivity index (χ3v) is 4.63. The zero-order valence-electron chi connectivity index (χ0n) is 14.1. The highest BCUT2D eigenvalue weighted by Crippen LogP contribution is 2.32. The predicted molar refractivity (Wildman–Crippen MR) is 99.1 cm³/mol. The molecule has 3 aromatic rings. The Balaban J connectivity index is 1.97. The topological polar surface area (TPSA) is 99.8 Å². The van der Waals surface area contributed by atoms with Gasteiger partial charge in [-0.15, -0.1) is 0 Å². The standard InChI is InChI=1S/C19H16ClNO5/c1-9-12(8-17(24)21-14-5-3-4-13(20)10(14)2)19(25)26-16-7-11(22)6-15(23)18(9)16/h3-7,22-23H,8H2,1-2H3,(H,21,24). The van der Waals surface area contributed by atoms with Crippen LogP contribution in [0.2, 0.25) is 5.02 Å². The second-order valence-corrected chi connectivity index (χ2v) is 6.38. The van der Waals surface area contributed by atoms with Crippen LogP contribution in [0.5, 0.6) is 11.5 Å². The molecule has 0 aliphatic rings. The fraction of sp³-hybridized carbons (Fsp3) is 0.158. The van der Waals surface area contributed by atoms with Crippen LogP contribution in [0.25, 0.3) is 11.0 Å². The molecular formula is C19H16ClNO5. The molecule has 2 aromatic carbocycles. The van der Waals surface area contributed by atoms with Crippen molar-refractivity contribution in [2.24, 2.45) is 0 Å². The summed E-state index contributed by atoms with van der Waals surface area (Å²) in [7, 11) is 0. The van der Waals surface area contributed by atoms with E-state index >= 15 is 0 Å². The summed E-state index contributed by atoms with van der Waals surface area (Å²) in [6.45, 7) is 3.39. The molecule has 0 bridgehead atoms. The van der Waals surface area contributed by atoms with Crippen LogP contribution in [-0.2, 0) is 11.2 Å². The molecule has 0 aliphatic carbocycles. The van der Waals surface area contributed by atoms with E-state index in [1.54, 1.807) is 32.0 Å². The Hall–Kier alpha value is -2.99. The molecule has 26 heavy (non-hydrogen) atoms. The van der Waals surface area contributed by atoms with Crippen molar-refractivity contribution in [2.75, 3.05) is 5.32 Å². The van der Waals surface area contributed by atoms with E-state index in [-0.39, 0.29) is 34.5 Å². The Kier molecular flexibility index (Phi) is 4.61. The monoisotopic (exact) mass is 373 g/mol. The molecule has 1 heterocycles. The molecule has 0 saturated heterocycles. The van der Waals surface area contributed by atoms with Gasteiger partial charge in [-0.2, -0.15) is 0 Å². The Morgan fingerprint density at radius 2 is 1.92 bits per heavy atom. The van der Waals surface area contributed by atoms with Gasteiger partial charge in [0.2, 0.25) is 5.91 Å². The number of phenols is 2. The number of hydrogen-bond acceptors (Lipinski definition) is 5. The first-order valence-corrected chi connectivity index (χ1v) is 8.19. The number of hydrogen-bond donors (Lipinski definition) is 3. The third-order valence-electron chi connectivity index (χ3n) is 4.22. The van der Waals surface area contributed by atoms with Crippen LogP contribution in [0.15, 0.2) is 39.5 Å². The molecule has 0 spiro atoms. The van der Waals surface area contributed by atoms with Gasteiger partial charge in [-0.1, -0.05) is 17.7 Å². The summed E-state index contributed by atoms with van der Waals surface area (Å²) in [5, 5.41) is 23.1. The maximum Gasteiger partial charge on any atom is 0.340 e. The van der Waals surface area contributed by atoms with Crippen LogP contribution in [0.1, 0.15) is 16.7 Å². The van der Waals surface area contributed by atoms with E-state index in [1.165, 1.54) is 6.07 Å². The summed E-state index contributed by atoms with van der Waals surface area (Å²) in [4.78, 5) is 24.6. The van der Waals surface area contributed by atoms with Gasteiger partial charge in [0.15, 0.2) is 0 Å². The molecule has 1 amide bonds. The molecule has 7 heteroatoms. The highest BCUT2D eigenvalue weighted by Gasteiger charge is 2.18. The quantitative estimate of drug-likeness (QED) is 0.608. The molecule has 6 nitrogen and oxygen atoms in total. The number of carbonyl (C=O) groups excluding carboxylic acids is 1. The molecule has 1 aromatic heterocycles. The molecule has 0 unspecified atom stereocenters. The minimum absolute atomic E-state index is 0.0554. The van der Waals surface area contributed by atoms with Gasteiger partial charge in [0.25, 0.3) is 0 Å². The molecular weight excluding hydrogens is 358 g/mol. The summed E-state index contributed by atoms with van der Waals surface area (Å²) >= 11 is 6.04. The van der Waals surface area contributed by atoms with E-state index in [0.717, 1.165) is 11.6 Å². The van der Waals surface area contributed by atoms with Crippen molar-refractivity contribution in [3.8, 4) is 11.5 Å². The van der Waals surface area contributed by atoms with Crippen LogP contribution >= 0.6 is 11.6 Å². The number of benzene rings is 2. The summed E-state index contributed by atoms with van der Waals surface area (Å²) in [5.41, 5.74) is 1.19. The number of fused-ring (bicyclic) bond motifs is 1. The molecule has 3 N–H and O–H groups in total. The average molecular weight is 374 g/mol. The molecule has 0 fully saturated rings. The lowest BCUT2D eigenvalue weighted by Crippen LogP contribution is -2.21. The van der Waals surface area contributed by atoms with Crippen LogP contribution in [-0.4, -0.2) is 16.1 Å². The van der Waals surface area contributed by atoms with Crippen LogP contribution < -0.4 is 10.9 Å². The van der Waals surface area contributed by atoms with Crippen molar-refractivity contribution in [2.45, 2.75) is 20.3 Å². The van der Waals surface area contributed by atoms with E-state index in [0.29, 0.717) is 16.3 Å². The third kappa shape index (κ3) is 3.23. The number of amides is 1. The van der Waals surface area contributed by atoms with E-state index in [4.69, 9.17) is 16.0 Å². The molecule has 134 valence electrons. The summed E-state index contributed by atoms with van der Waals surface area (Å²) in [6, 6.07) is 7.53. The van der Waals surface area contributed by atoms with Crippen molar-refractivity contribution in [1.29, 1.82) is 0 Å². The van der Waals surface area contributed by atoms with Gasteiger partial charge in [-0.05, 0) is 37.1 Å². The van der Waals surface area contributed by atoms with Gasteiger partial charge in [0.1, 0.15) is 17.1 Å². The zero-order valence-corrected chi connectivity index (χ0v) is 14.8. The largest absolute Gasteiger partial charge is 0.508 e. The fourth-order valence-electron chi connectivity index (χ4n) is 2.81. The lowest BCUT2D eigenvalue weighted by molar-refractivity contribution is -0.115. The average Bonchev–Trinajstić information content (AvgIpc) is 2.55. The summed E-state index contributed by atoms with van der Waals surface area (Å²) in [6.07, 6.45) is -0.226. The first kappa shape index (κ1) is 17.8. The number of phenolic OH excluding ortho intramolecular Hbond substituents is 2. The smallest absolute Gasteiger partial charge is 0.340 e. The molecule has 0 radical (unpaired) electrons. The first-order valence-electron chi connectivity index (χ1n) is 7.81. The minimum atomic E-state index is -0.696. The number of nitrogens with one attached hydrogen (secondary N) is 1. The van der Waals surface area contributed by atoms with Gasteiger partial charge in [-0.3, -0.25) is 4.79 Å².